The fourth-order valence-electron chi connectivity index (χ4n) is 3.23. The summed E-state index contributed by atoms with van der Waals surface area (Å²) in [5, 5.41) is 11.9. The minimum atomic E-state index is -0.931. The molecular formula is C23H38N2O4. The van der Waals surface area contributed by atoms with Gasteiger partial charge in [0.1, 0.15) is 5.75 Å². The molecule has 29 heavy (non-hydrogen) atoms. The summed E-state index contributed by atoms with van der Waals surface area (Å²) in [4.78, 5) is 25.4. The normalized spacial score (nSPS) is 12.0. The van der Waals surface area contributed by atoms with Gasteiger partial charge in [0.05, 0.1) is 19.1 Å². The van der Waals surface area contributed by atoms with E-state index in [4.69, 9.17) is 9.84 Å². The molecule has 1 atom stereocenters. The number of carbonyl (C=O) groups is 2. The maximum Gasteiger partial charge on any atom is 0.305 e. The van der Waals surface area contributed by atoms with Crippen molar-refractivity contribution in [3.63, 3.8) is 0 Å². The minimum Gasteiger partial charge on any atom is -0.494 e. The number of hydrogen-bond donors (Lipinski definition) is 2. The predicted molar refractivity (Wildman–Crippen MR) is 117 cm³/mol. The number of benzene rings is 1. The maximum absolute atomic E-state index is 12.5. The Labute approximate surface area is 175 Å². The average molecular weight is 407 g/mol. The molecule has 0 fully saturated rings. The van der Waals surface area contributed by atoms with Crippen LogP contribution < -0.4 is 10.1 Å². The second kappa shape index (κ2) is 14.9. The Bertz CT molecular complexity index is 604. The number of aliphatic carboxylic acids is 1. The number of carbonyl (C=O) groups excluding carboxylic acids is 1. The Balaban J connectivity index is 2.40. The van der Waals surface area contributed by atoms with Crippen LogP contribution in [0.4, 0.5) is 0 Å². The molecule has 2 N–H and O–H groups in total. The van der Waals surface area contributed by atoms with Crippen molar-refractivity contribution in [1.29, 1.82) is 0 Å². The number of amides is 1. The SMILES string of the molecule is CCCCCCCCCCOc1cccc(C(=O)N[C@H](CC(=O)O)CN(C)C)c1. The zero-order valence-corrected chi connectivity index (χ0v) is 18.3. The fourth-order valence-corrected chi connectivity index (χ4v) is 3.23. The van der Waals surface area contributed by atoms with E-state index in [0.717, 1.165) is 12.8 Å². The summed E-state index contributed by atoms with van der Waals surface area (Å²) in [6.45, 7) is 3.34. The summed E-state index contributed by atoms with van der Waals surface area (Å²) in [6, 6.07) is 6.61. The van der Waals surface area contributed by atoms with Crippen molar-refractivity contribution in [2.45, 2.75) is 70.8 Å². The molecule has 6 nitrogen and oxygen atoms in total. The molecule has 164 valence electrons. The molecule has 0 aromatic heterocycles. The molecule has 0 saturated carbocycles. The molecule has 6 heteroatoms. The van der Waals surface area contributed by atoms with Crippen molar-refractivity contribution in [3.8, 4) is 5.75 Å². The molecule has 0 spiro atoms. The molecule has 0 aliphatic carbocycles. The first-order valence-corrected chi connectivity index (χ1v) is 10.8. The van der Waals surface area contributed by atoms with Crippen LogP contribution in [0.2, 0.25) is 0 Å². The van der Waals surface area contributed by atoms with Crippen molar-refractivity contribution in [2.75, 3.05) is 27.2 Å². The lowest BCUT2D eigenvalue weighted by molar-refractivity contribution is -0.137. The molecule has 0 saturated heterocycles. The Morgan fingerprint density at radius 2 is 1.72 bits per heavy atom. The van der Waals surface area contributed by atoms with Gasteiger partial charge in [-0.1, -0.05) is 57.9 Å². The van der Waals surface area contributed by atoms with E-state index in [1.54, 1.807) is 18.2 Å². The smallest absolute Gasteiger partial charge is 0.305 e. The Kier molecular flexibility index (Phi) is 12.8. The number of carboxylic acids is 1. The van der Waals surface area contributed by atoms with E-state index in [2.05, 4.69) is 12.2 Å². The highest BCUT2D eigenvalue weighted by Gasteiger charge is 2.18. The largest absolute Gasteiger partial charge is 0.494 e. The predicted octanol–water partition coefficient (Wildman–Crippen LogP) is 4.34. The highest BCUT2D eigenvalue weighted by atomic mass is 16.5. The lowest BCUT2D eigenvalue weighted by Crippen LogP contribution is -2.43. The number of likely N-dealkylation sites (N-methyl/N-ethyl adjacent to an activating group) is 1. The van der Waals surface area contributed by atoms with Gasteiger partial charge < -0.3 is 20.1 Å². The zero-order chi connectivity index (χ0) is 21.5. The van der Waals surface area contributed by atoms with E-state index in [0.29, 0.717) is 24.5 Å². The third-order valence-electron chi connectivity index (χ3n) is 4.70. The van der Waals surface area contributed by atoms with E-state index >= 15 is 0 Å². The molecule has 1 rings (SSSR count). The number of nitrogens with one attached hydrogen (secondary N) is 1. The number of carboxylic acid groups (broad SMARTS) is 1. The summed E-state index contributed by atoms with van der Waals surface area (Å²) in [6.07, 6.45) is 9.86. The van der Waals surface area contributed by atoms with E-state index in [1.807, 2.05) is 25.1 Å². The quantitative estimate of drug-likeness (QED) is 0.399. The van der Waals surface area contributed by atoms with Crippen molar-refractivity contribution in [3.05, 3.63) is 29.8 Å². The first-order valence-electron chi connectivity index (χ1n) is 10.8. The van der Waals surface area contributed by atoms with Gasteiger partial charge in [-0.2, -0.15) is 0 Å². The molecule has 0 radical (unpaired) electrons. The van der Waals surface area contributed by atoms with Crippen molar-refractivity contribution in [1.82, 2.24) is 10.2 Å². The average Bonchev–Trinajstić information content (AvgIpc) is 2.66. The van der Waals surface area contributed by atoms with Gasteiger partial charge in [-0.15, -0.1) is 0 Å². The lowest BCUT2D eigenvalue weighted by atomic mass is 10.1. The molecule has 1 aromatic carbocycles. The fraction of sp³-hybridized carbons (Fsp3) is 0.652. The summed E-state index contributed by atoms with van der Waals surface area (Å²) in [5.41, 5.74) is 0.479. The van der Waals surface area contributed by atoms with Gasteiger partial charge in [-0.05, 0) is 38.7 Å². The van der Waals surface area contributed by atoms with E-state index < -0.39 is 12.0 Å². The molecule has 0 bridgehead atoms. The molecular weight excluding hydrogens is 368 g/mol. The number of unbranched alkanes of at least 4 members (excludes halogenated alkanes) is 7. The number of nitrogens with zero attached hydrogens (tertiary/aromatic N) is 1. The van der Waals surface area contributed by atoms with Gasteiger partial charge in [0.2, 0.25) is 0 Å². The van der Waals surface area contributed by atoms with Gasteiger partial charge in [0.15, 0.2) is 0 Å². The van der Waals surface area contributed by atoms with Gasteiger partial charge >= 0.3 is 5.97 Å². The first-order chi connectivity index (χ1) is 13.9. The monoisotopic (exact) mass is 406 g/mol. The van der Waals surface area contributed by atoms with Crippen molar-refractivity contribution in [2.24, 2.45) is 0 Å². The molecule has 0 aliphatic heterocycles. The second-order valence-electron chi connectivity index (χ2n) is 7.88. The topological polar surface area (TPSA) is 78.9 Å². The van der Waals surface area contributed by atoms with Crippen LogP contribution in [0, 0.1) is 0 Å². The van der Waals surface area contributed by atoms with Crippen LogP contribution in [0.1, 0.15) is 75.1 Å². The van der Waals surface area contributed by atoms with Crippen LogP contribution in [0.3, 0.4) is 0 Å². The summed E-state index contributed by atoms with van der Waals surface area (Å²) in [7, 11) is 3.70. The number of rotatable bonds is 16. The van der Waals surface area contributed by atoms with Crippen molar-refractivity contribution < 1.29 is 19.4 Å². The van der Waals surface area contributed by atoms with E-state index in [-0.39, 0.29) is 12.3 Å². The van der Waals surface area contributed by atoms with Gasteiger partial charge in [0, 0.05) is 12.1 Å². The summed E-state index contributed by atoms with van der Waals surface area (Å²) >= 11 is 0. The highest BCUT2D eigenvalue weighted by Crippen LogP contribution is 2.15. The zero-order valence-electron chi connectivity index (χ0n) is 18.3. The third-order valence-corrected chi connectivity index (χ3v) is 4.70. The third kappa shape index (κ3) is 12.2. The van der Waals surface area contributed by atoms with E-state index in [9.17, 15) is 9.59 Å². The molecule has 0 unspecified atom stereocenters. The molecule has 0 heterocycles. The Hall–Kier alpha value is -2.08. The maximum atomic E-state index is 12.5. The Morgan fingerprint density at radius 1 is 1.07 bits per heavy atom. The van der Waals surface area contributed by atoms with Gasteiger partial charge in [-0.25, -0.2) is 0 Å². The van der Waals surface area contributed by atoms with Crippen LogP contribution in [0.15, 0.2) is 24.3 Å². The van der Waals surface area contributed by atoms with Gasteiger partial charge in [-0.3, -0.25) is 9.59 Å². The molecule has 1 amide bonds. The van der Waals surface area contributed by atoms with Crippen LogP contribution in [0.5, 0.6) is 5.75 Å². The van der Waals surface area contributed by atoms with Crippen LogP contribution >= 0.6 is 0 Å². The molecule has 1 aromatic rings. The van der Waals surface area contributed by atoms with Crippen LogP contribution in [-0.4, -0.2) is 55.2 Å². The minimum absolute atomic E-state index is 0.113. The number of hydrogen-bond acceptors (Lipinski definition) is 4. The number of ether oxygens (including phenoxy) is 1. The second-order valence-corrected chi connectivity index (χ2v) is 7.88. The van der Waals surface area contributed by atoms with Crippen LogP contribution in [-0.2, 0) is 4.79 Å². The van der Waals surface area contributed by atoms with Gasteiger partial charge in [0.25, 0.3) is 5.91 Å². The highest BCUT2D eigenvalue weighted by molar-refractivity contribution is 5.95. The summed E-state index contributed by atoms with van der Waals surface area (Å²) in [5.74, 6) is -0.543. The summed E-state index contributed by atoms with van der Waals surface area (Å²) < 4.78 is 5.79. The lowest BCUT2D eigenvalue weighted by Gasteiger charge is -2.21. The first kappa shape index (κ1) is 25.0. The van der Waals surface area contributed by atoms with E-state index in [1.165, 1.54) is 38.5 Å². The standard InChI is InChI=1S/C23H38N2O4/c1-4-5-6-7-8-9-10-11-15-29-21-14-12-13-19(16-21)23(28)24-20(17-22(26)27)18-25(2)3/h12-14,16,20H,4-11,15,17-18H2,1-3H3,(H,24,28)(H,26,27)/t20-/m1/s1. The Morgan fingerprint density at radius 3 is 2.34 bits per heavy atom. The van der Waals surface area contributed by atoms with Crippen molar-refractivity contribution >= 4 is 11.9 Å². The molecule has 0 aliphatic rings. The van der Waals surface area contributed by atoms with Crippen LogP contribution in [0.25, 0.3) is 0 Å².